The van der Waals surface area contributed by atoms with E-state index in [2.05, 4.69) is 0 Å². The van der Waals surface area contributed by atoms with Crippen molar-refractivity contribution in [1.82, 2.24) is 0 Å². The lowest BCUT2D eigenvalue weighted by Crippen LogP contribution is -2.45. The van der Waals surface area contributed by atoms with E-state index in [-0.39, 0.29) is 18.6 Å². The second-order valence-electron chi connectivity index (χ2n) is 6.33. The third-order valence-corrected chi connectivity index (χ3v) is 2.84. The predicted molar refractivity (Wildman–Crippen MR) is 76.2 cm³/mol. The van der Waals surface area contributed by atoms with E-state index < -0.39 is 18.0 Å². The summed E-state index contributed by atoms with van der Waals surface area (Å²) in [6.45, 7) is 2.39. The van der Waals surface area contributed by atoms with Gasteiger partial charge in [-0.15, -0.1) is 0 Å². The van der Waals surface area contributed by atoms with Crippen LogP contribution in [-0.4, -0.2) is 56.0 Å². The Morgan fingerprint density at radius 2 is 1.76 bits per heavy atom. The summed E-state index contributed by atoms with van der Waals surface area (Å²) in [5.74, 6) is -2.09. The Morgan fingerprint density at radius 1 is 1.14 bits per heavy atom. The first-order chi connectivity index (χ1) is 9.64. The van der Waals surface area contributed by atoms with Crippen LogP contribution in [0.25, 0.3) is 0 Å². The SMILES string of the molecule is CCCCCC(=O)CC(=O)OC(CC(=O)[O-])C[N+](C)(C)C. The Kier molecular flexibility index (Phi) is 8.85. The van der Waals surface area contributed by atoms with Gasteiger partial charge < -0.3 is 19.1 Å². The molecule has 0 aliphatic rings. The molecule has 1 unspecified atom stereocenters. The Hall–Kier alpha value is -1.43. The quantitative estimate of drug-likeness (QED) is 0.237. The summed E-state index contributed by atoms with van der Waals surface area (Å²) in [6, 6.07) is 0. The lowest BCUT2D eigenvalue weighted by molar-refractivity contribution is -0.873. The molecular formula is C15H27NO5. The fourth-order valence-electron chi connectivity index (χ4n) is 1.99. The molecule has 0 aliphatic heterocycles. The van der Waals surface area contributed by atoms with Crippen LogP contribution in [0.3, 0.4) is 0 Å². The molecule has 0 rings (SSSR count). The fourth-order valence-corrected chi connectivity index (χ4v) is 1.99. The van der Waals surface area contributed by atoms with Gasteiger partial charge in [-0.05, 0) is 6.42 Å². The normalized spacial score (nSPS) is 12.8. The highest BCUT2D eigenvalue weighted by molar-refractivity contribution is 5.95. The van der Waals surface area contributed by atoms with E-state index in [0.29, 0.717) is 17.4 Å². The van der Waals surface area contributed by atoms with Crippen molar-refractivity contribution in [2.75, 3.05) is 27.7 Å². The van der Waals surface area contributed by atoms with E-state index in [1.165, 1.54) is 0 Å². The van der Waals surface area contributed by atoms with Crippen LogP contribution in [0.2, 0.25) is 0 Å². The van der Waals surface area contributed by atoms with Crippen LogP contribution < -0.4 is 5.11 Å². The number of nitrogens with zero attached hydrogens (tertiary/aromatic N) is 1. The molecule has 0 bridgehead atoms. The van der Waals surface area contributed by atoms with Gasteiger partial charge in [0.15, 0.2) is 6.10 Å². The molecule has 0 fully saturated rings. The maximum absolute atomic E-state index is 11.7. The molecule has 0 saturated heterocycles. The van der Waals surface area contributed by atoms with Crippen LogP contribution in [-0.2, 0) is 19.1 Å². The van der Waals surface area contributed by atoms with Crippen molar-refractivity contribution in [3.63, 3.8) is 0 Å². The zero-order valence-corrected chi connectivity index (χ0v) is 13.5. The average Bonchev–Trinajstić information content (AvgIpc) is 2.25. The van der Waals surface area contributed by atoms with E-state index >= 15 is 0 Å². The van der Waals surface area contributed by atoms with Crippen molar-refractivity contribution in [3.8, 4) is 0 Å². The Morgan fingerprint density at radius 3 is 2.24 bits per heavy atom. The van der Waals surface area contributed by atoms with E-state index in [9.17, 15) is 19.5 Å². The maximum atomic E-state index is 11.7. The van der Waals surface area contributed by atoms with Gasteiger partial charge >= 0.3 is 5.97 Å². The first-order valence-corrected chi connectivity index (χ1v) is 7.35. The number of unbranched alkanes of at least 4 members (excludes halogenated alkanes) is 2. The van der Waals surface area contributed by atoms with E-state index in [0.717, 1.165) is 19.3 Å². The minimum Gasteiger partial charge on any atom is -0.550 e. The zero-order valence-electron chi connectivity index (χ0n) is 13.5. The largest absolute Gasteiger partial charge is 0.550 e. The van der Waals surface area contributed by atoms with Gasteiger partial charge in [0, 0.05) is 18.8 Å². The number of esters is 1. The van der Waals surface area contributed by atoms with Crippen LogP contribution in [0.5, 0.6) is 0 Å². The van der Waals surface area contributed by atoms with Crippen LogP contribution in [0.1, 0.15) is 45.4 Å². The predicted octanol–water partition coefficient (Wildman–Crippen LogP) is 0.284. The zero-order chi connectivity index (χ0) is 16.5. The standard InChI is InChI=1S/C15H27NO5/c1-5-6-7-8-12(17)9-15(20)21-13(10-14(18)19)11-16(2,3)4/h13H,5-11H2,1-4H3. The molecule has 1 atom stereocenters. The number of hydrogen-bond donors (Lipinski definition) is 0. The molecular weight excluding hydrogens is 274 g/mol. The highest BCUT2D eigenvalue weighted by Crippen LogP contribution is 2.08. The van der Waals surface area contributed by atoms with Gasteiger partial charge in [0.1, 0.15) is 18.7 Å². The number of quaternary nitrogens is 1. The second kappa shape index (κ2) is 9.50. The number of likely N-dealkylation sites (N-methyl/N-ethyl adjacent to an activating group) is 1. The van der Waals surface area contributed by atoms with Gasteiger partial charge in [0.2, 0.25) is 0 Å². The number of aliphatic carboxylic acids is 1. The lowest BCUT2D eigenvalue weighted by Gasteiger charge is -2.29. The van der Waals surface area contributed by atoms with E-state index in [1.807, 2.05) is 28.1 Å². The molecule has 0 aromatic heterocycles. The summed E-state index contributed by atoms with van der Waals surface area (Å²) in [7, 11) is 5.60. The topological polar surface area (TPSA) is 83.5 Å². The van der Waals surface area contributed by atoms with Gasteiger partial charge in [0.25, 0.3) is 0 Å². The van der Waals surface area contributed by atoms with Crippen molar-refractivity contribution in [1.29, 1.82) is 0 Å². The molecule has 21 heavy (non-hydrogen) atoms. The number of rotatable bonds is 11. The molecule has 0 aromatic carbocycles. The van der Waals surface area contributed by atoms with Crippen LogP contribution in [0, 0.1) is 0 Å². The number of carbonyl (C=O) groups is 3. The molecule has 6 nitrogen and oxygen atoms in total. The van der Waals surface area contributed by atoms with Crippen molar-refractivity contribution < 1.29 is 28.7 Å². The summed E-state index contributed by atoms with van der Waals surface area (Å²) >= 11 is 0. The Labute approximate surface area is 126 Å². The number of carboxylic acids is 1. The monoisotopic (exact) mass is 301 g/mol. The number of carboxylic acid groups (broad SMARTS) is 1. The molecule has 6 heteroatoms. The molecule has 0 N–H and O–H groups in total. The third kappa shape index (κ3) is 12.1. The number of ether oxygens (including phenoxy) is 1. The van der Waals surface area contributed by atoms with Crippen LogP contribution in [0.15, 0.2) is 0 Å². The molecule has 0 amide bonds. The third-order valence-electron chi connectivity index (χ3n) is 2.84. The Balaban J connectivity index is 4.32. The molecule has 0 spiro atoms. The maximum Gasteiger partial charge on any atom is 0.313 e. The molecule has 0 saturated carbocycles. The number of ketones is 1. The summed E-state index contributed by atoms with van der Waals surface area (Å²) in [5.41, 5.74) is 0. The number of hydrogen-bond acceptors (Lipinski definition) is 5. The minimum atomic E-state index is -1.27. The molecule has 122 valence electrons. The van der Waals surface area contributed by atoms with Crippen molar-refractivity contribution >= 4 is 17.7 Å². The van der Waals surface area contributed by atoms with Crippen molar-refractivity contribution in [2.45, 2.75) is 51.6 Å². The lowest BCUT2D eigenvalue weighted by atomic mass is 10.1. The molecule has 0 radical (unpaired) electrons. The van der Waals surface area contributed by atoms with Crippen LogP contribution >= 0.6 is 0 Å². The van der Waals surface area contributed by atoms with Crippen LogP contribution in [0.4, 0.5) is 0 Å². The summed E-state index contributed by atoms with van der Waals surface area (Å²) in [4.78, 5) is 34.0. The minimum absolute atomic E-state index is 0.161. The molecule has 0 heterocycles. The highest BCUT2D eigenvalue weighted by Gasteiger charge is 2.23. The van der Waals surface area contributed by atoms with Crippen molar-refractivity contribution in [3.05, 3.63) is 0 Å². The first kappa shape index (κ1) is 19.6. The first-order valence-electron chi connectivity index (χ1n) is 7.35. The van der Waals surface area contributed by atoms with Gasteiger partial charge in [-0.1, -0.05) is 19.8 Å². The second-order valence-corrected chi connectivity index (χ2v) is 6.33. The summed E-state index contributed by atoms with van der Waals surface area (Å²) in [5, 5.41) is 10.7. The smallest absolute Gasteiger partial charge is 0.313 e. The average molecular weight is 301 g/mol. The number of carbonyl (C=O) groups excluding carboxylic acids is 3. The molecule has 0 aromatic rings. The Bertz CT molecular complexity index is 360. The van der Waals surface area contributed by atoms with Gasteiger partial charge in [0.05, 0.1) is 21.1 Å². The van der Waals surface area contributed by atoms with E-state index in [4.69, 9.17) is 4.74 Å². The number of Topliss-reactive ketones (excluding diaryl/α,β-unsaturated/α-hetero) is 1. The highest BCUT2D eigenvalue weighted by atomic mass is 16.5. The summed E-state index contributed by atoms with van der Waals surface area (Å²) < 4.78 is 5.57. The fraction of sp³-hybridized carbons (Fsp3) is 0.800. The van der Waals surface area contributed by atoms with Gasteiger partial charge in [-0.25, -0.2) is 0 Å². The van der Waals surface area contributed by atoms with E-state index in [1.54, 1.807) is 0 Å². The summed E-state index contributed by atoms with van der Waals surface area (Å²) in [6.07, 6.45) is 1.68. The van der Waals surface area contributed by atoms with Crippen molar-refractivity contribution in [2.24, 2.45) is 0 Å². The van der Waals surface area contributed by atoms with Gasteiger partial charge in [-0.3, -0.25) is 9.59 Å². The van der Waals surface area contributed by atoms with Gasteiger partial charge in [-0.2, -0.15) is 0 Å². The molecule has 0 aliphatic carbocycles.